The van der Waals surface area contributed by atoms with Gasteiger partial charge in [0.25, 0.3) is 0 Å². The highest BCUT2D eigenvalue weighted by Crippen LogP contribution is 2.21. The number of amides is 1. The van der Waals surface area contributed by atoms with Gasteiger partial charge in [0.05, 0.1) is 0 Å². The second-order valence-electron chi connectivity index (χ2n) is 6.50. The molecule has 1 atom stereocenters. The third-order valence-electron chi connectivity index (χ3n) is 4.59. The molecule has 122 valence electrons. The highest BCUT2D eigenvalue weighted by Gasteiger charge is 2.30. The number of rotatable bonds is 5. The van der Waals surface area contributed by atoms with Crippen LogP contribution < -0.4 is 11.1 Å². The van der Waals surface area contributed by atoms with Gasteiger partial charge in [-0.2, -0.15) is 0 Å². The van der Waals surface area contributed by atoms with Gasteiger partial charge in [0.2, 0.25) is 5.91 Å². The van der Waals surface area contributed by atoms with Crippen LogP contribution in [0.4, 0.5) is 0 Å². The third-order valence-corrected chi connectivity index (χ3v) is 5.12. The maximum Gasteiger partial charge on any atom is 0.244 e. The number of benzene rings is 1. The van der Waals surface area contributed by atoms with Crippen molar-refractivity contribution in [2.75, 3.05) is 26.7 Å². The van der Waals surface area contributed by atoms with Crippen LogP contribution in [-0.4, -0.2) is 37.5 Å². The Labute approximate surface area is 141 Å². The summed E-state index contributed by atoms with van der Waals surface area (Å²) >= 11 is 3.39. The van der Waals surface area contributed by atoms with Gasteiger partial charge in [0.15, 0.2) is 0 Å². The van der Waals surface area contributed by atoms with Gasteiger partial charge in [0, 0.05) is 11.0 Å². The minimum absolute atomic E-state index is 0.109. The summed E-state index contributed by atoms with van der Waals surface area (Å²) in [6, 6.07) is 7.60. The number of hydrogen-bond acceptors (Lipinski definition) is 3. The Morgan fingerprint density at radius 2 is 1.95 bits per heavy atom. The zero-order valence-corrected chi connectivity index (χ0v) is 15.0. The number of carbonyl (C=O) groups excluding carboxylic acids is 1. The van der Waals surface area contributed by atoms with E-state index in [2.05, 4.69) is 33.2 Å². The third kappa shape index (κ3) is 4.54. The Hall–Kier alpha value is -0.910. The summed E-state index contributed by atoms with van der Waals surface area (Å²) in [5.74, 6) is 0.607. The van der Waals surface area contributed by atoms with Crippen molar-refractivity contribution in [3.63, 3.8) is 0 Å². The fourth-order valence-corrected chi connectivity index (χ4v) is 3.12. The van der Waals surface area contributed by atoms with Gasteiger partial charge in [-0.15, -0.1) is 0 Å². The Balaban J connectivity index is 1.82. The standard InChI is InChI=1S/C17H26BrN3O/c1-17(19,14-3-5-15(18)6-4-14)16(22)20-10-7-13-8-11-21(2)12-9-13/h3-6,13H,7-12,19H2,1-2H3,(H,20,22). The molecule has 1 aromatic rings. The average Bonchev–Trinajstić information content (AvgIpc) is 2.49. The number of carbonyl (C=O) groups is 1. The largest absolute Gasteiger partial charge is 0.354 e. The molecule has 0 spiro atoms. The summed E-state index contributed by atoms with van der Waals surface area (Å²) in [6.07, 6.45) is 3.48. The first kappa shape index (κ1) is 17.4. The first-order chi connectivity index (χ1) is 10.4. The van der Waals surface area contributed by atoms with E-state index in [0.717, 1.165) is 29.5 Å². The lowest BCUT2D eigenvalue weighted by Crippen LogP contribution is -2.49. The van der Waals surface area contributed by atoms with Gasteiger partial charge in [-0.3, -0.25) is 4.79 Å². The van der Waals surface area contributed by atoms with E-state index in [1.807, 2.05) is 24.3 Å². The second-order valence-corrected chi connectivity index (χ2v) is 7.42. The van der Waals surface area contributed by atoms with Crippen LogP contribution in [-0.2, 0) is 10.3 Å². The maximum absolute atomic E-state index is 12.4. The van der Waals surface area contributed by atoms with Gasteiger partial charge in [-0.1, -0.05) is 28.1 Å². The van der Waals surface area contributed by atoms with Gasteiger partial charge in [-0.25, -0.2) is 0 Å². The number of piperidine rings is 1. The predicted octanol–water partition coefficient (Wildman–Crippen LogP) is 2.47. The van der Waals surface area contributed by atoms with E-state index in [1.54, 1.807) is 6.92 Å². The highest BCUT2D eigenvalue weighted by molar-refractivity contribution is 9.10. The van der Waals surface area contributed by atoms with Crippen LogP contribution in [0.15, 0.2) is 28.7 Å². The van der Waals surface area contributed by atoms with E-state index in [4.69, 9.17) is 5.73 Å². The van der Waals surface area contributed by atoms with Crippen molar-refractivity contribution in [3.05, 3.63) is 34.3 Å². The summed E-state index contributed by atoms with van der Waals surface area (Å²) in [5.41, 5.74) is 6.07. The van der Waals surface area contributed by atoms with Crippen LogP contribution in [0.3, 0.4) is 0 Å². The summed E-state index contributed by atoms with van der Waals surface area (Å²) < 4.78 is 0.981. The van der Waals surface area contributed by atoms with Crippen molar-refractivity contribution in [1.29, 1.82) is 0 Å². The van der Waals surface area contributed by atoms with Gasteiger partial charge in [0.1, 0.15) is 5.54 Å². The molecular weight excluding hydrogens is 342 g/mol. The smallest absolute Gasteiger partial charge is 0.244 e. The summed E-state index contributed by atoms with van der Waals surface area (Å²) in [5, 5.41) is 3.01. The molecule has 1 aliphatic heterocycles. The second kappa shape index (κ2) is 7.57. The molecule has 1 heterocycles. The lowest BCUT2D eigenvalue weighted by molar-refractivity contribution is -0.126. The monoisotopic (exact) mass is 367 g/mol. The van der Waals surface area contributed by atoms with Crippen LogP contribution in [0.2, 0.25) is 0 Å². The quantitative estimate of drug-likeness (QED) is 0.840. The topological polar surface area (TPSA) is 58.4 Å². The van der Waals surface area contributed by atoms with Gasteiger partial charge >= 0.3 is 0 Å². The zero-order chi connectivity index (χ0) is 16.2. The zero-order valence-electron chi connectivity index (χ0n) is 13.4. The molecule has 1 unspecified atom stereocenters. The van der Waals surface area contributed by atoms with Crippen LogP contribution >= 0.6 is 15.9 Å². The van der Waals surface area contributed by atoms with Crippen molar-refractivity contribution in [3.8, 4) is 0 Å². The van der Waals surface area contributed by atoms with E-state index in [9.17, 15) is 4.79 Å². The van der Waals surface area contributed by atoms with E-state index in [1.165, 1.54) is 12.8 Å². The molecule has 1 amide bonds. The van der Waals surface area contributed by atoms with Crippen LogP contribution in [0.25, 0.3) is 0 Å². The molecule has 1 fully saturated rings. The van der Waals surface area contributed by atoms with Crippen LogP contribution in [0, 0.1) is 5.92 Å². The molecule has 1 aliphatic rings. The lowest BCUT2D eigenvalue weighted by atomic mass is 9.91. The van der Waals surface area contributed by atoms with E-state index in [0.29, 0.717) is 12.5 Å². The van der Waals surface area contributed by atoms with Crippen molar-refractivity contribution in [2.24, 2.45) is 11.7 Å². The summed E-state index contributed by atoms with van der Waals surface area (Å²) in [4.78, 5) is 14.7. The molecule has 0 radical (unpaired) electrons. The number of halogens is 1. The fourth-order valence-electron chi connectivity index (χ4n) is 2.85. The Morgan fingerprint density at radius 1 is 1.36 bits per heavy atom. The molecule has 22 heavy (non-hydrogen) atoms. The molecule has 1 saturated heterocycles. The van der Waals surface area contributed by atoms with E-state index in [-0.39, 0.29) is 5.91 Å². The minimum atomic E-state index is -0.993. The fraction of sp³-hybridized carbons (Fsp3) is 0.588. The van der Waals surface area contributed by atoms with Crippen molar-refractivity contribution >= 4 is 21.8 Å². The maximum atomic E-state index is 12.4. The molecule has 5 heteroatoms. The van der Waals surface area contributed by atoms with E-state index < -0.39 is 5.54 Å². The van der Waals surface area contributed by atoms with Crippen LogP contribution in [0.5, 0.6) is 0 Å². The SMILES string of the molecule is CN1CCC(CCNC(=O)C(C)(N)c2ccc(Br)cc2)CC1. The molecule has 3 N–H and O–H groups in total. The number of nitrogens with one attached hydrogen (secondary N) is 1. The van der Waals surface area contributed by atoms with Crippen molar-refractivity contribution in [1.82, 2.24) is 10.2 Å². The van der Waals surface area contributed by atoms with Crippen molar-refractivity contribution in [2.45, 2.75) is 31.7 Å². The first-order valence-electron chi connectivity index (χ1n) is 7.91. The average molecular weight is 368 g/mol. The molecule has 0 aliphatic carbocycles. The van der Waals surface area contributed by atoms with E-state index >= 15 is 0 Å². The Kier molecular flexibility index (Phi) is 6.01. The van der Waals surface area contributed by atoms with Gasteiger partial charge in [-0.05, 0) is 69.9 Å². The van der Waals surface area contributed by atoms with Crippen molar-refractivity contribution < 1.29 is 4.79 Å². The molecule has 4 nitrogen and oxygen atoms in total. The number of likely N-dealkylation sites (tertiary alicyclic amines) is 1. The molecule has 1 aromatic carbocycles. The molecule has 0 aromatic heterocycles. The minimum Gasteiger partial charge on any atom is -0.354 e. The summed E-state index contributed by atoms with van der Waals surface area (Å²) in [6.45, 7) is 4.79. The molecule has 2 rings (SSSR count). The van der Waals surface area contributed by atoms with Gasteiger partial charge < -0.3 is 16.0 Å². The lowest BCUT2D eigenvalue weighted by Gasteiger charge is -2.29. The Morgan fingerprint density at radius 3 is 2.55 bits per heavy atom. The van der Waals surface area contributed by atoms with Crippen LogP contribution in [0.1, 0.15) is 31.7 Å². The molecule has 0 saturated carbocycles. The number of nitrogens with zero attached hydrogens (tertiary/aromatic N) is 1. The Bertz CT molecular complexity index is 493. The molecule has 0 bridgehead atoms. The number of hydrogen-bond donors (Lipinski definition) is 2. The first-order valence-corrected chi connectivity index (χ1v) is 8.70. The molecular formula is C17H26BrN3O. The summed E-state index contributed by atoms with van der Waals surface area (Å²) in [7, 11) is 2.16. The number of nitrogens with two attached hydrogens (primary N) is 1. The normalized spacial score (nSPS) is 19.6. The highest BCUT2D eigenvalue weighted by atomic mass is 79.9. The predicted molar refractivity (Wildman–Crippen MR) is 93.5 cm³/mol.